The molecule has 20 nitrogen and oxygen atoms in total. The third-order valence-electron chi connectivity index (χ3n) is 10.5. The Labute approximate surface area is 396 Å². The van der Waals surface area contributed by atoms with Gasteiger partial charge in [-0.25, -0.2) is 9.78 Å². The SMILES string of the molecule is CC1NC(=O)NC1CCCCCC(=O)NCCOCCOCCOCCNC(=O)CCN(C)C/C=C/C(=O)Nc1cccc(C(=O)Nc2ccc(NC(=O)c3cccc(-c4ccn[nH]4)n3)cc2)c1. The number of nitrogens with one attached hydrogen (secondary N) is 8. The minimum absolute atomic E-state index is 0.00526. The van der Waals surface area contributed by atoms with Gasteiger partial charge in [-0.05, 0) is 87.5 Å². The van der Waals surface area contributed by atoms with Crippen molar-refractivity contribution in [2.24, 2.45) is 0 Å². The molecule has 364 valence electrons. The zero-order valence-corrected chi connectivity index (χ0v) is 38.6. The van der Waals surface area contributed by atoms with Gasteiger partial charge < -0.3 is 56.3 Å². The van der Waals surface area contributed by atoms with Gasteiger partial charge in [0, 0.05) is 80.0 Å². The Kier molecular flexibility index (Phi) is 22.1. The highest BCUT2D eigenvalue weighted by atomic mass is 16.5. The molecule has 0 saturated carbocycles. The number of nitrogens with zero attached hydrogens (tertiary/aromatic N) is 3. The highest BCUT2D eigenvalue weighted by molar-refractivity contribution is 6.06. The third-order valence-corrected chi connectivity index (χ3v) is 10.5. The van der Waals surface area contributed by atoms with Gasteiger partial charge in [-0.3, -0.25) is 29.1 Å². The Morgan fingerprint density at radius 2 is 1.38 bits per heavy atom. The fourth-order valence-electron chi connectivity index (χ4n) is 6.83. The number of carbonyl (C=O) groups is 6. The fraction of sp³-hybridized carbons (Fsp3) is 0.417. The molecule has 0 bridgehead atoms. The van der Waals surface area contributed by atoms with Crippen LogP contribution < -0.4 is 37.2 Å². The second-order valence-corrected chi connectivity index (χ2v) is 16.0. The lowest BCUT2D eigenvalue weighted by Crippen LogP contribution is -2.31. The molecule has 2 atom stereocenters. The van der Waals surface area contributed by atoms with E-state index in [1.54, 1.807) is 85.1 Å². The number of aromatic amines is 1. The van der Waals surface area contributed by atoms with Gasteiger partial charge in [0.05, 0.1) is 57.1 Å². The highest BCUT2D eigenvalue weighted by Crippen LogP contribution is 2.19. The molecule has 1 fully saturated rings. The van der Waals surface area contributed by atoms with Crippen molar-refractivity contribution in [1.29, 1.82) is 0 Å². The van der Waals surface area contributed by atoms with Crippen LogP contribution in [0.4, 0.5) is 21.9 Å². The number of unbranched alkanes of at least 4 members (excludes halogenated alkanes) is 2. The first-order valence-corrected chi connectivity index (χ1v) is 22.8. The third kappa shape index (κ3) is 19.5. The van der Waals surface area contributed by atoms with Crippen molar-refractivity contribution in [3.05, 3.63) is 102 Å². The summed E-state index contributed by atoms with van der Waals surface area (Å²) in [7, 11) is 1.85. The molecule has 4 aromatic rings. The zero-order chi connectivity index (χ0) is 48.4. The Bertz CT molecular complexity index is 2260. The van der Waals surface area contributed by atoms with Crippen LogP contribution in [-0.2, 0) is 28.6 Å². The number of hydrogen-bond donors (Lipinski definition) is 8. The van der Waals surface area contributed by atoms with E-state index in [1.165, 1.54) is 6.08 Å². The molecular weight excluding hydrogens is 875 g/mol. The molecule has 1 aliphatic rings. The first-order chi connectivity index (χ1) is 33.0. The summed E-state index contributed by atoms with van der Waals surface area (Å²) in [6.45, 7) is 6.05. The molecule has 0 aliphatic carbocycles. The van der Waals surface area contributed by atoms with E-state index >= 15 is 0 Å². The molecule has 1 saturated heterocycles. The smallest absolute Gasteiger partial charge is 0.315 e. The number of aromatic nitrogens is 3. The largest absolute Gasteiger partial charge is 0.377 e. The minimum atomic E-state index is -0.388. The van der Waals surface area contributed by atoms with E-state index in [4.69, 9.17) is 14.2 Å². The standard InChI is InChI=1S/C48H63N11O9/c1-34-39(57-48(65)52-34)11-4-3-5-14-43(60)49-23-27-66-29-31-68-32-30-67-28-24-50-44(61)21-26-59(2)25-8-15-45(62)53-38-10-6-9-35(33-38)46(63)54-36-16-18-37(19-17-36)55-47(64)42-13-7-12-40(56-42)41-20-22-51-58-41/h6-10,12-13,15-20,22,33-34,39H,3-5,11,14,21,23-32H2,1-2H3,(H,49,60)(H,50,61)(H,51,58)(H,53,62)(H,54,63)(H,55,64)(H2,52,57,65)/b15-8+. The Hall–Kier alpha value is -7.00. The normalized spacial score (nSPS) is 14.3. The Balaban J connectivity index is 0.830. The quantitative estimate of drug-likeness (QED) is 0.0272. The van der Waals surface area contributed by atoms with E-state index in [0.29, 0.717) is 106 Å². The molecule has 20 heteroatoms. The summed E-state index contributed by atoms with van der Waals surface area (Å²) in [5, 5.41) is 26.6. The lowest BCUT2D eigenvalue weighted by molar-refractivity contribution is -0.122. The summed E-state index contributed by atoms with van der Waals surface area (Å²) in [6.07, 6.45) is 9.06. The van der Waals surface area contributed by atoms with Crippen molar-refractivity contribution in [2.75, 3.05) is 88.8 Å². The van der Waals surface area contributed by atoms with Gasteiger partial charge in [0.1, 0.15) is 5.69 Å². The summed E-state index contributed by atoms with van der Waals surface area (Å²) >= 11 is 0. The van der Waals surface area contributed by atoms with E-state index in [2.05, 4.69) is 52.4 Å². The predicted molar refractivity (Wildman–Crippen MR) is 257 cm³/mol. The van der Waals surface area contributed by atoms with Gasteiger partial charge in [-0.2, -0.15) is 5.10 Å². The lowest BCUT2D eigenvalue weighted by atomic mass is 10.0. The van der Waals surface area contributed by atoms with E-state index < -0.39 is 0 Å². The number of anilines is 3. The summed E-state index contributed by atoms with van der Waals surface area (Å²) in [5.41, 5.74) is 3.32. The molecule has 68 heavy (non-hydrogen) atoms. The highest BCUT2D eigenvalue weighted by Gasteiger charge is 2.27. The van der Waals surface area contributed by atoms with E-state index in [0.717, 1.165) is 25.7 Å². The number of ether oxygens (including phenoxy) is 3. The van der Waals surface area contributed by atoms with Crippen molar-refractivity contribution in [3.8, 4) is 11.4 Å². The molecule has 7 amide bonds. The predicted octanol–water partition coefficient (Wildman–Crippen LogP) is 4.10. The molecule has 5 rings (SSSR count). The van der Waals surface area contributed by atoms with Gasteiger partial charge in [-0.15, -0.1) is 0 Å². The van der Waals surface area contributed by atoms with Crippen LogP contribution in [0.1, 0.15) is 66.3 Å². The minimum Gasteiger partial charge on any atom is -0.377 e. The van der Waals surface area contributed by atoms with Crippen LogP contribution in [0.25, 0.3) is 11.4 Å². The number of pyridine rings is 1. The molecule has 3 heterocycles. The molecule has 0 radical (unpaired) electrons. The summed E-state index contributed by atoms with van der Waals surface area (Å²) in [4.78, 5) is 80.4. The van der Waals surface area contributed by atoms with Crippen molar-refractivity contribution >= 4 is 52.6 Å². The molecular formula is C48H63N11O9. The van der Waals surface area contributed by atoms with E-state index in [1.807, 2.05) is 18.9 Å². The van der Waals surface area contributed by atoms with Gasteiger partial charge in [-0.1, -0.05) is 31.1 Å². The van der Waals surface area contributed by atoms with Gasteiger partial charge in [0.25, 0.3) is 11.8 Å². The average molecular weight is 938 g/mol. The molecule has 2 aromatic heterocycles. The fourth-order valence-corrected chi connectivity index (χ4v) is 6.83. The van der Waals surface area contributed by atoms with Crippen molar-refractivity contribution < 1.29 is 43.0 Å². The first-order valence-electron chi connectivity index (χ1n) is 22.8. The van der Waals surface area contributed by atoms with Crippen LogP contribution in [0.3, 0.4) is 0 Å². The molecule has 2 aromatic carbocycles. The number of rotatable bonds is 30. The maximum absolute atomic E-state index is 13.0. The summed E-state index contributed by atoms with van der Waals surface area (Å²) in [6, 6.07) is 20.3. The van der Waals surface area contributed by atoms with Crippen molar-refractivity contribution in [3.63, 3.8) is 0 Å². The topological polar surface area (TPSA) is 259 Å². The first kappa shape index (κ1) is 52.0. The van der Waals surface area contributed by atoms with Crippen LogP contribution in [0.5, 0.6) is 0 Å². The maximum Gasteiger partial charge on any atom is 0.315 e. The molecule has 0 spiro atoms. The average Bonchev–Trinajstić information content (AvgIpc) is 3.99. The number of H-pyrrole nitrogens is 1. The molecule has 1 aliphatic heterocycles. The second-order valence-electron chi connectivity index (χ2n) is 16.0. The number of likely N-dealkylation sites (N-methyl/N-ethyl adjacent to an activating group) is 1. The van der Waals surface area contributed by atoms with Crippen LogP contribution in [0, 0.1) is 0 Å². The van der Waals surface area contributed by atoms with Crippen molar-refractivity contribution in [1.82, 2.24) is 41.3 Å². The number of urea groups is 1. The van der Waals surface area contributed by atoms with Crippen LogP contribution in [0.15, 0.2) is 91.1 Å². The number of carbonyl (C=O) groups excluding carboxylic acids is 6. The van der Waals surface area contributed by atoms with Gasteiger partial charge >= 0.3 is 6.03 Å². The van der Waals surface area contributed by atoms with Crippen LogP contribution >= 0.6 is 0 Å². The van der Waals surface area contributed by atoms with Crippen LogP contribution in [0.2, 0.25) is 0 Å². The zero-order valence-electron chi connectivity index (χ0n) is 38.6. The number of amides is 7. The number of hydrogen-bond acceptors (Lipinski definition) is 12. The Morgan fingerprint density at radius 1 is 0.721 bits per heavy atom. The molecule has 8 N–H and O–H groups in total. The maximum atomic E-state index is 13.0. The van der Waals surface area contributed by atoms with Gasteiger partial charge in [0.2, 0.25) is 17.7 Å². The second kappa shape index (κ2) is 28.9. The summed E-state index contributed by atoms with van der Waals surface area (Å²) < 4.78 is 16.5. The van der Waals surface area contributed by atoms with E-state index in [9.17, 15) is 28.8 Å². The van der Waals surface area contributed by atoms with Gasteiger partial charge in [0.15, 0.2) is 0 Å². The van der Waals surface area contributed by atoms with Crippen molar-refractivity contribution in [2.45, 2.75) is 57.5 Å². The Morgan fingerprint density at radius 3 is 2.04 bits per heavy atom. The van der Waals surface area contributed by atoms with E-state index in [-0.39, 0.29) is 59.8 Å². The van der Waals surface area contributed by atoms with Crippen LogP contribution in [-0.4, -0.2) is 141 Å². The lowest BCUT2D eigenvalue weighted by Gasteiger charge is -2.14. The molecule has 2 unspecified atom stereocenters. The number of benzene rings is 2. The monoisotopic (exact) mass is 937 g/mol. The summed E-state index contributed by atoms with van der Waals surface area (Å²) in [5.74, 6) is -1.25.